The average molecular weight is 217 g/mol. The third-order valence-electron chi connectivity index (χ3n) is 1.50. The first-order valence-electron chi connectivity index (χ1n) is 4.01. The van der Waals surface area contributed by atoms with Crippen LogP contribution in [0.3, 0.4) is 0 Å². The molecule has 0 N–H and O–H groups in total. The molecule has 0 radical (unpaired) electrons. The first-order chi connectivity index (χ1) is 6.24. The van der Waals surface area contributed by atoms with Crippen molar-refractivity contribution < 1.29 is 0 Å². The fourth-order valence-corrected chi connectivity index (χ4v) is 1.34. The number of azo groups is 1. The summed E-state index contributed by atoms with van der Waals surface area (Å²) >= 11 is 11.7. The molecule has 0 unspecified atom stereocenters. The maximum Gasteiger partial charge on any atom is 0.0863 e. The zero-order valence-corrected chi connectivity index (χ0v) is 8.81. The fraction of sp³-hybridized carbons (Fsp3) is 0.333. The van der Waals surface area contributed by atoms with Gasteiger partial charge < -0.3 is 0 Å². The minimum absolute atomic E-state index is 0.518. The SMILES string of the molecule is CCN=NCc1ccc(Cl)cc1Cl. The van der Waals surface area contributed by atoms with Crippen LogP contribution in [0.2, 0.25) is 10.0 Å². The summed E-state index contributed by atoms with van der Waals surface area (Å²) in [5.74, 6) is 0. The van der Waals surface area contributed by atoms with E-state index in [1.165, 1.54) is 0 Å². The lowest BCUT2D eigenvalue weighted by molar-refractivity contribution is 0.876. The van der Waals surface area contributed by atoms with Gasteiger partial charge in [0.1, 0.15) is 0 Å². The molecule has 0 aliphatic rings. The van der Waals surface area contributed by atoms with Gasteiger partial charge in [0, 0.05) is 10.0 Å². The van der Waals surface area contributed by atoms with Crippen molar-refractivity contribution in [3.05, 3.63) is 33.8 Å². The molecule has 2 nitrogen and oxygen atoms in total. The molecule has 1 aromatic carbocycles. The van der Waals surface area contributed by atoms with Gasteiger partial charge in [-0.1, -0.05) is 29.3 Å². The smallest absolute Gasteiger partial charge is 0.0863 e. The van der Waals surface area contributed by atoms with Gasteiger partial charge in [-0.05, 0) is 24.6 Å². The second kappa shape index (κ2) is 5.20. The highest BCUT2D eigenvalue weighted by Gasteiger charge is 1.99. The molecular weight excluding hydrogens is 207 g/mol. The van der Waals surface area contributed by atoms with E-state index in [2.05, 4.69) is 10.2 Å². The lowest BCUT2D eigenvalue weighted by atomic mass is 10.2. The molecule has 1 rings (SSSR count). The number of benzene rings is 1. The maximum absolute atomic E-state index is 5.92. The summed E-state index contributed by atoms with van der Waals surface area (Å²) in [4.78, 5) is 0. The molecule has 70 valence electrons. The van der Waals surface area contributed by atoms with Crippen molar-refractivity contribution in [2.75, 3.05) is 6.54 Å². The van der Waals surface area contributed by atoms with Crippen molar-refractivity contribution in [1.82, 2.24) is 0 Å². The summed E-state index contributed by atoms with van der Waals surface area (Å²) in [7, 11) is 0. The summed E-state index contributed by atoms with van der Waals surface area (Å²) in [6.45, 7) is 3.15. The Morgan fingerprint density at radius 1 is 1.23 bits per heavy atom. The quantitative estimate of drug-likeness (QED) is 0.684. The van der Waals surface area contributed by atoms with E-state index in [-0.39, 0.29) is 0 Å². The van der Waals surface area contributed by atoms with Gasteiger partial charge in [0.15, 0.2) is 0 Å². The largest absolute Gasteiger partial charge is 0.194 e. The van der Waals surface area contributed by atoms with E-state index in [1.807, 2.05) is 13.0 Å². The summed E-state index contributed by atoms with van der Waals surface area (Å²) < 4.78 is 0. The van der Waals surface area contributed by atoms with Crippen LogP contribution in [0.1, 0.15) is 12.5 Å². The van der Waals surface area contributed by atoms with Crippen LogP contribution in [0, 0.1) is 0 Å². The average Bonchev–Trinajstić information content (AvgIpc) is 2.09. The third-order valence-corrected chi connectivity index (χ3v) is 2.08. The normalized spacial score (nSPS) is 11.0. The second-order valence-corrected chi connectivity index (χ2v) is 3.34. The van der Waals surface area contributed by atoms with Crippen molar-refractivity contribution >= 4 is 23.2 Å². The van der Waals surface area contributed by atoms with Crippen LogP contribution in [-0.4, -0.2) is 6.54 Å². The molecule has 0 heterocycles. The highest BCUT2D eigenvalue weighted by atomic mass is 35.5. The molecule has 0 aromatic heterocycles. The Bertz CT molecular complexity index is 310. The molecule has 0 atom stereocenters. The summed E-state index contributed by atoms with van der Waals surface area (Å²) in [5, 5.41) is 9.09. The summed E-state index contributed by atoms with van der Waals surface area (Å²) in [6.07, 6.45) is 0. The first-order valence-corrected chi connectivity index (χ1v) is 4.77. The molecule has 0 spiro atoms. The Balaban J connectivity index is 2.72. The van der Waals surface area contributed by atoms with Crippen LogP contribution in [0.25, 0.3) is 0 Å². The lowest BCUT2D eigenvalue weighted by Crippen LogP contribution is -1.82. The number of halogens is 2. The minimum Gasteiger partial charge on any atom is -0.194 e. The molecule has 4 heteroatoms. The van der Waals surface area contributed by atoms with Crippen molar-refractivity contribution in [3.63, 3.8) is 0 Å². The van der Waals surface area contributed by atoms with E-state index in [9.17, 15) is 0 Å². The molecule has 0 fully saturated rings. The highest BCUT2D eigenvalue weighted by molar-refractivity contribution is 6.35. The van der Waals surface area contributed by atoms with Crippen molar-refractivity contribution in [2.24, 2.45) is 10.2 Å². The Kier molecular flexibility index (Phi) is 4.19. The zero-order chi connectivity index (χ0) is 9.68. The number of hydrogen-bond donors (Lipinski definition) is 0. The topological polar surface area (TPSA) is 24.7 Å². The minimum atomic E-state index is 0.518. The van der Waals surface area contributed by atoms with Crippen LogP contribution in [0.5, 0.6) is 0 Å². The van der Waals surface area contributed by atoms with Gasteiger partial charge in [0.25, 0.3) is 0 Å². The van der Waals surface area contributed by atoms with E-state index in [0.29, 0.717) is 23.1 Å². The fourth-order valence-electron chi connectivity index (χ4n) is 0.876. The predicted molar refractivity (Wildman–Crippen MR) is 55.6 cm³/mol. The van der Waals surface area contributed by atoms with Gasteiger partial charge in [-0.15, -0.1) is 0 Å². The van der Waals surface area contributed by atoms with Gasteiger partial charge in [0.05, 0.1) is 13.1 Å². The zero-order valence-electron chi connectivity index (χ0n) is 7.30. The van der Waals surface area contributed by atoms with Crippen molar-refractivity contribution in [2.45, 2.75) is 13.5 Å². The monoisotopic (exact) mass is 216 g/mol. The van der Waals surface area contributed by atoms with Crippen LogP contribution >= 0.6 is 23.2 Å². The third kappa shape index (κ3) is 3.33. The highest BCUT2D eigenvalue weighted by Crippen LogP contribution is 2.21. The van der Waals surface area contributed by atoms with E-state index in [4.69, 9.17) is 23.2 Å². The lowest BCUT2D eigenvalue weighted by Gasteiger charge is -1.99. The van der Waals surface area contributed by atoms with Crippen LogP contribution in [0.15, 0.2) is 28.4 Å². The summed E-state index contributed by atoms with van der Waals surface area (Å²) in [6, 6.07) is 5.36. The molecule has 0 aliphatic carbocycles. The van der Waals surface area contributed by atoms with Crippen LogP contribution < -0.4 is 0 Å². The van der Waals surface area contributed by atoms with E-state index >= 15 is 0 Å². The Morgan fingerprint density at radius 3 is 2.62 bits per heavy atom. The standard InChI is InChI=1S/C9H10Cl2N2/c1-2-12-13-6-7-3-4-8(10)5-9(7)11/h3-5H,2,6H2,1H3. The van der Waals surface area contributed by atoms with Gasteiger partial charge in [-0.25, -0.2) is 0 Å². The number of nitrogens with zero attached hydrogens (tertiary/aromatic N) is 2. The van der Waals surface area contributed by atoms with Crippen molar-refractivity contribution in [3.8, 4) is 0 Å². The van der Waals surface area contributed by atoms with Crippen LogP contribution in [0.4, 0.5) is 0 Å². The van der Waals surface area contributed by atoms with Gasteiger partial charge in [-0.2, -0.15) is 10.2 Å². The molecule has 0 bridgehead atoms. The maximum atomic E-state index is 5.92. The molecule has 0 amide bonds. The van der Waals surface area contributed by atoms with Crippen molar-refractivity contribution in [1.29, 1.82) is 0 Å². The number of rotatable bonds is 3. The van der Waals surface area contributed by atoms with Crippen LogP contribution in [-0.2, 0) is 6.54 Å². The molecular formula is C9H10Cl2N2. The molecule has 1 aromatic rings. The van der Waals surface area contributed by atoms with E-state index < -0.39 is 0 Å². The Morgan fingerprint density at radius 2 is 2.00 bits per heavy atom. The predicted octanol–water partition coefficient (Wildman–Crippen LogP) is 3.97. The Hall–Kier alpha value is -0.600. The Labute approximate surface area is 87.6 Å². The van der Waals surface area contributed by atoms with E-state index in [0.717, 1.165) is 5.56 Å². The molecule has 0 saturated heterocycles. The number of hydrogen-bond acceptors (Lipinski definition) is 2. The van der Waals surface area contributed by atoms with Gasteiger partial charge in [0.2, 0.25) is 0 Å². The molecule has 0 aliphatic heterocycles. The van der Waals surface area contributed by atoms with E-state index in [1.54, 1.807) is 12.1 Å². The van der Waals surface area contributed by atoms with Gasteiger partial charge in [-0.3, -0.25) is 0 Å². The summed E-state index contributed by atoms with van der Waals surface area (Å²) in [5.41, 5.74) is 0.947. The molecule has 0 saturated carbocycles. The molecule has 13 heavy (non-hydrogen) atoms. The van der Waals surface area contributed by atoms with Gasteiger partial charge >= 0.3 is 0 Å². The first kappa shape index (κ1) is 10.5. The second-order valence-electron chi connectivity index (χ2n) is 2.49.